The largest absolute Gasteiger partial charge is 0.484 e. The van der Waals surface area contributed by atoms with Crippen LogP contribution in [0.4, 0.5) is 4.39 Å². The Hall–Kier alpha value is -2.21. The third kappa shape index (κ3) is 5.00. The van der Waals surface area contributed by atoms with Gasteiger partial charge in [0.1, 0.15) is 11.6 Å². The fraction of sp³-hybridized carbons (Fsp3) is 0.0667. The van der Waals surface area contributed by atoms with E-state index in [0.717, 1.165) is 4.47 Å². The van der Waals surface area contributed by atoms with Crippen molar-refractivity contribution in [3.63, 3.8) is 0 Å². The highest BCUT2D eigenvalue weighted by Gasteiger charge is 2.01. The molecule has 2 aromatic carbocycles. The molecule has 0 fully saturated rings. The first-order valence-corrected chi connectivity index (χ1v) is 6.89. The number of nitrogens with zero attached hydrogens (tertiary/aromatic N) is 1. The number of halogens is 2. The average molecular weight is 351 g/mol. The van der Waals surface area contributed by atoms with E-state index in [1.807, 2.05) is 12.1 Å². The first kappa shape index (κ1) is 15.2. The van der Waals surface area contributed by atoms with Gasteiger partial charge in [0.05, 0.1) is 6.21 Å². The van der Waals surface area contributed by atoms with Gasteiger partial charge in [0.25, 0.3) is 5.91 Å². The number of rotatable bonds is 5. The van der Waals surface area contributed by atoms with Gasteiger partial charge in [-0.15, -0.1) is 0 Å². The van der Waals surface area contributed by atoms with Crippen LogP contribution in [0.2, 0.25) is 0 Å². The molecule has 0 aliphatic heterocycles. The first-order chi connectivity index (χ1) is 10.1. The standard InChI is InChI=1S/C15H12BrFN2O2/c16-12-5-7-13(8-6-12)21-10-15(20)19-18-9-11-3-1-2-4-14(11)17/h1-9H,10H2,(H,19,20)/b18-9-. The Bertz CT molecular complexity index is 644. The van der Waals surface area contributed by atoms with Gasteiger partial charge in [0.2, 0.25) is 0 Å². The molecule has 1 amide bonds. The van der Waals surface area contributed by atoms with Crippen molar-refractivity contribution in [3.8, 4) is 5.75 Å². The molecule has 0 bridgehead atoms. The van der Waals surface area contributed by atoms with Crippen molar-refractivity contribution in [2.24, 2.45) is 5.10 Å². The fourth-order valence-electron chi connectivity index (χ4n) is 1.47. The zero-order valence-electron chi connectivity index (χ0n) is 10.9. The maximum Gasteiger partial charge on any atom is 0.277 e. The average Bonchev–Trinajstić information content (AvgIpc) is 2.49. The van der Waals surface area contributed by atoms with E-state index in [-0.39, 0.29) is 6.61 Å². The Labute approximate surface area is 129 Å². The number of hydrogen-bond acceptors (Lipinski definition) is 3. The normalized spacial score (nSPS) is 10.6. The molecule has 0 aliphatic rings. The van der Waals surface area contributed by atoms with Gasteiger partial charge < -0.3 is 4.74 Å². The summed E-state index contributed by atoms with van der Waals surface area (Å²) in [7, 11) is 0. The molecule has 2 aromatic rings. The maximum absolute atomic E-state index is 13.3. The number of benzene rings is 2. The quantitative estimate of drug-likeness (QED) is 0.665. The maximum atomic E-state index is 13.3. The van der Waals surface area contributed by atoms with E-state index in [1.54, 1.807) is 30.3 Å². The van der Waals surface area contributed by atoms with Crippen molar-refractivity contribution in [2.75, 3.05) is 6.61 Å². The molecule has 108 valence electrons. The van der Waals surface area contributed by atoms with Crippen LogP contribution in [0.5, 0.6) is 5.75 Å². The van der Waals surface area contributed by atoms with Gasteiger partial charge in [-0.25, -0.2) is 9.82 Å². The van der Waals surface area contributed by atoms with E-state index in [2.05, 4.69) is 26.5 Å². The number of hydrazone groups is 1. The van der Waals surface area contributed by atoms with Crippen molar-refractivity contribution in [1.82, 2.24) is 5.43 Å². The molecule has 0 aromatic heterocycles. The molecule has 0 atom stereocenters. The summed E-state index contributed by atoms with van der Waals surface area (Å²) in [6.07, 6.45) is 1.24. The molecule has 0 saturated heterocycles. The lowest BCUT2D eigenvalue weighted by molar-refractivity contribution is -0.123. The molecule has 0 aliphatic carbocycles. The highest BCUT2D eigenvalue weighted by atomic mass is 79.9. The fourth-order valence-corrected chi connectivity index (χ4v) is 1.73. The van der Waals surface area contributed by atoms with E-state index < -0.39 is 11.7 Å². The molecule has 0 spiro atoms. The Balaban J connectivity index is 1.80. The highest BCUT2D eigenvalue weighted by Crippen LogP contribution is 2.15. The zero-order chi connectivity index (χ0) is 15.1. The lowest BCUT2D eigenvalue weighted by Crippen LogP contribution is -2.24. The third-order valence-electron chi connectivity index (χ3n) is 2.48. The lowest BCUT2D eigenvalue weighted by atomic mass is 10.2. The van der Waals surface area contributed by atoms with Crippen LogP contribution in [0.3, 0.4) is 0 Å². The molecule has 1 N–H and O–H groups in total. The summed E-state index contributed by atoms with van der Waals surface area (Å²) in [5.74, 6) is -0.251. The molecule has 2 rings (SSSR count). The summed E-state index contributed by atoms with van der Waals surface area (Å²) < 4.78 is 19.5. The summed E-state index contributed by atoms with van der Waals surface area (Å²) in [6.45, 7) is -0.170. The highest BCUT2D eigenvalue weighted by molar-refractivity contribution is 9.10. The molecule has 4 nitrogen and oxygen atoms in total. The van der Waals surface area contributed by atoms with Crippen LogP contribution in [0.15, 0.2) is 58.1 Å². The summed E-state index contributed by atoms with van der Waals surface area (Å²) in [4.78, 5) is 11.5. The van der Waals surface area contributed by atoms with E-state index in [4.69, 9.17) is 4.74 Å². The monoisotopic (exact) mass is 350 g/mol. The van der Waals surface area contributed by atoms with Gasteiger partial charge in [-0.3, -0.25) is 4.79 Å². The number of carbonyl (C=O) groups is 1. The van der Waals surface area contributed by atoms with Gasteiger partial charge in [-0.1, -0.05) is 34.1 Å². The lowest BCUT2D eigenvalue weighted by Gasteiger charge is -2.04. The van der Waals surface area contributed by atoms with Crippen molar-refractivity contribution in [2.45, 2.75) is 0 Å². The second kappa shape index (κ2) is 7.54. The number of hydrogen-bond donors (Lipinski definition) is 1. The van der Waals surface area contributed by atoms with Crippen molar-refractivity contribution >= 4 is 28.1 Å². The van der Waals surface area contributed by atoms with Crippen LogP contribution in [-0.4, -0.2) is 18.7 Å². The zero-order valence-corrected chi connectivity index (χ0v) is 12.5. The predicted molar refractivity (Wildman–Crippen MR) is 81.8 cm³/mol. The summed E-state index contributed by atoms with van der Waals surface area (Å²) in [6, 6.07) is 13.2. The van der Waals surface area contributed by atoms with E-state index in [1.165, 1.54) is 12.3 Å². The Morgan fingerprint density at radius 3 is 2.67 bits per heavy atom. The van der Waals surface area contributed by atoms with E-state index in [0.29, 0.717) is 11.3 Å². The van der Waals surface area contributed by atoms with E-state index >= 15 is 0 Å². The molecular formula is C15H12BrFN2O2. The Kier molecular flexibility index (Phi) is 5.45. The van der Waals surface area contributed by atoms with Crippen LogP contribution in [-0.2, 0) is 4.79 Å². The van der Waals surface area contributed by atoms with Gasteiger partial charge in [0, 0.05) is 10.0 Å². The van der Waals surface area contributed by atoms with Gasteiger partial charge in [0.15, 0.2) is 6.61 Å². The molecule has 0 heterocycles. The number of carbonyl (C=O) groups excluding carboxylic acids is 1. The van der Waals surface area contributed by atoms with Crippen molar-refractivity contribution < 1.29 is 13.9 Å². The molecular weight excluding hydrogens is 339 g/mol. The number of nitrogens with one attached hydrogen (secondary N) is 1. The predicted octanol–water partition coefficient (Wildman–Crippen LogP) is 3.12. The molecule has 6 heteroatoms. The molecule has 21 heavy (non-hydrogen) atoms. The second-order valence-electron chi connectivity index (χ2n) is 4.06. The number of ether oxygens (including phenoxy) is 1. The van der Waals surface area contributed by atoms with Crippen LogP contribution in [0.25, 0.3) is 0 Å². The first-order valence-electron chi connectivity index (χ1n) is 6.10. The summed E-state index contributed by atoms with van der Waals surface area (Å²) in [5.41, 5.74) is 2.57. The van der Waals surface area contributed by atoms with Gasteiger partial charge in [-0.2, -0.15) is 5.10 Å². The van der Waals surface area contributed by atoms with Crippen molar-refractivity contribution in [1.29, 1.82) is 0 Å². The topological polar surface area (TPSA) is 50.7 Å². The molecule has 0 radical (unpaired) electrons. The number of amides is 1. The van der Waals surface area contributed by atoms with Gasteiger partial charge in [-0.05, 0) is 30.3 Å². The summed E-state index contributed by atoms with van der Waals surface area (Å²) >= 11 is 3.30. The van der Waals surface area contributed by atoms with Gasteiger partial charge >= 0.3 is 0 Å². The van der Waals surface area contributed by atoms with Crippen LogP contribution < -0.4 is 10.2 Å². The van der Waals surface area contributed by atoms with E-state index in [9.17, 15) is 9.18 Å². The molecule has 0 saturated carbocycles. The third-order valence-corrected chi connectivity index (χ3v) is 3.01. The smallest absolute Gasteiger partial charge is 0.277 e. The van der Waals surface area contributed by atoms with Crippen LogP contribution in [0, 0.1) is 5.82 Å². The van der Waals surface area contributed by atoms with Crippen LogP contribution >= 0.6 is 15.9 Å². The van der Waals surface area contributed by atoms with Crippen LogP contribution in [0.1, 0.15) is 5.56 Å². The summed E-state index contributed by atoms with van der Waals surface area (Å²) in [5, 5.41) is 3.68. The minimum atomic E-state index is -0.425. The molecule has 0 unspecified atom stereocenters. The minimum Gasteiger partial charge on any atom is -0.484 e. The minimum absolute atomic E-state index is 0.170. The Morgan fingerprint density at radius 2 is 1.95 bits per heavy atom. The van der Waals surface area contributed by atoms with Crippen molar-refractivity contribution in [3.05, 3.63) is 64.4 Å². The second-order valence-corrected chi connectivity index (χ2v) is 4.97. The SMILES string of the molecule is O=C(COc1ccc(Br)cc1)N/N=C\c1ccccc1F. The Morgan fingerprint density at radius 1 is 1.24 bits per heavy atom.